The zero-order chi connectivity index (χ0) is 24.3. The van der Waals surface area contributed by atoms with Crippen LogP contribution in [0.3, 0.4) is 0 Å². The Labute approximate surface area is 198 Å². The summed E-state index contributed by atoms with van der Waals surface area (Å²) < 4.78 is 21.8. The molecule has 1 amide bonds. The Bertz CT molecular complexity index is 1160. The molecule has 176 valence electrons. The van der Waals surface area contributed by atoms with E-state index in [2.05, 4.69) is 5.32 Å². The van der Waals surface area contributed by atoms with E-state index in [4.69, 9.17) is 18.9 Å². The van der Waals surface area contributed by atoms with Gasteiger partial charge < -0.3 is 24.3 Å². The van der Waals surface area contributed by atoms with Crippen molar-refractivity contribution < 1.29 is 28.5 Å². The Kier molecular flexibility index (Phi) is 8.68. The molecule has 0 aliphatic carbocycles. The molecule has 0 atom stereocenters. The van der Waals surface area contributed by atoms with Crippen LogP contribution >= 0.6 is 0 Å². The van der Waals surface area contributed by atoms with E-state index in [9.17, 15) is 9.59 Å². The number of amides is 1. The van der Waals surface area contributed by atoms with Gasteiger partial charge in [-0.1, -0.05) is 30.3 Å². The van der Waals surface area contributed by atoms with Crippen LogP contribution in [0.4, 0.5) is 5.69 Å². The van der Waals surface area contributed by atoms with Gasteiger partial charge in [-0.2, -0.15) is 0 Å². The standard InChI is InChI=1S/C27H27NO6/c1-4-33-26-16-19(10-13-23(29)22-17-21(31-2)12-15-24(22)32-3)11-14-25(26)34-18-27(30)28-20-8-6-5-7-9-20/h5-17H,4,18H2,1-3H3,(H,28,30)/b13-10+. The SMILES string of the molecule is CCOc1cc(/C=C/C(=O)c2cc(OC)ccc2OC)ccc1OCC(=O)Nc1ccccc1. The summed E-state index contributed by atoms with van der Waals surface area (Å²) in [5.41, 5.74) is 1.83. The molecular formula is C27H27NO6. The van der Waals surface area contributed by atoms with Gasteiger partial charge in [0.05, 0.1) is 26.4 Å². The lowest BCUT2D eigenvalue weighted by atomic mass is 10.1. The Balaban J connectivity index is 1.70. The molecule has 1 N–H and O–H groups in total. The number of hydrogen-bond donors (Lipinski definition) is 1. The average Bonchev–Trinajstić information content (AvgIpc) is 2.87. The zero-order valence-electron chi connectivity index (χ0n) is 19.4. The molecule has 3 rings (SSSR count). The third-order valence-corrected chi connectivity index (χ3v) is 4.78. The van der Waals surface area contributed by atoms with Crippen LogP contribution < -0.4 is 24.3 Å². The first-order valence-electron chi connectivity index (χ1n) is 10.7. The number of nitrogens with one attached hydrogen (secondary N) is 1. The van der Waals surface area contributed by atoms with Gasteiger partial charge in [-0.25, -0.2) is 0 Å². The van der Waals surface area contributed by atoms with Crippen molar-refractivity contribution in [2.45, 2.75) is 6.92 Å². The van der Waals surface area contributed by atoms with Crippen molar-refractivity contribution in [1.82, 2.24) is 0 Å². The van der Waals surface area contributed by atoms with Crippen LogP contribution in [0.1, 0.15) is 22.8 Å². The second kappa shape index (κ2) is 12.1. The van der Waals surface area contributed by atoms with Gasteiger partial charge in [-0.05, 0) is 61.0 Å². The Morgan fingerprint density at radius 3 is 2.32 bits per heavy atom. The minimum Gasteiger partial charge on any atom is -0.497 e. The number of allylic oxidation sites excluding steroid dienone is 1. The van der Waals surface area contributed by atoms with Crippen LogP contribution in [0, 0.1) is 0 Å². The highest BCUT2D eigenvalue weighted by molar-refractivity contribution is 6.09. The van der Waals surface area contributed by atoms with Gasteiger partial charge in [0.2, 0.25) is 0 Å². The van der Waals surface area contributed by atoms with E-state index in [1.54, 1.807) is 54.6 Å². The Morgan fingerprint density at radius 1 is 0.853 bits per heavy atom. The number of hydrogen-bond acceptors (Lipinski definition) is 6. The number of benzene rings is 3. The Morgan fingerprint density at radius 2 is 1.62 bits per heavy atom. The number of para-hydroxylation sites is 1. The smallest absolute Gasteiger partial charge is 0.262 e. The highest BCUT2D eigenvalue weighted by Gasteiger charge is 2.12. The Hall–Kier alpha value is -4.26. The largest absolute Gasteiger partial charge is 0.497 e. The second-order valence-corrected chi connectivity index (χ2v) is 7.11. The minimum absolute atomic E-state index is 0.168. The van der Waals surface area contributed by atoms with Gasteiger partial charge in [-0.15, -0.1) is 0 Å². The number of carbonyl (C=O) groups is 2. The highest BCUT2D eigenvalue weighted by atomic mass is 16.5. The molecular weight excluding hydrogens is 434 g/mol. The van der Waals surface area contributed by atoms with E-state index in [0.29, 0.717) is 40.9 Å². The summed E-state index contributed by atoms with van der Waals surface area (Å²) in [6.45, 7) is 2.10. The first-order chi connectivity index (χ1) is 16.5. The molecule has 0 aliphatic rings. The lowest BCUT2D eigenvalue weighted by Crippen LogP contribution is -2.20. The fraction of sp³-hybridized carbons (Fsp3) is 0.185. The number of rotatable bonds is 11. The minimum atomic E-state index is -0.282. The fourth-order valence-electron chi connectivity index (χ4n) is 3.15. The van der Waals surface area contributed by atoms with Gasteiger partial charge >= 0.3 is 0 Å². The van der Waals surface area contributed by atoms with Crippen LogP contribution in [-0.4, -0.2) is 39.1 Å². The second-order valence-electron chi connectivity index (χ2n) is 7.11. The molecule has 0 heterocycles. The molecule has 3 aromatic rings. The maximum atomic E-state index is 12.7. The molecule has 0 radical (unpaired) electrons. The summed E-state index contributed by atoms with van der Waals surface area (Å²) >= 11 is 0. The summed E-state index contributed by atoms with van der Waals surface area (Å²) in [6.07, 6.45) is 3.13. The zero-order valence-corrected chi connectivity index (χ0v) is 19.4. The molecule has 0 aromatic heterocycles. The van der Waals surface area contributed by atoms with E-state index in [0.717, 1.165) is 5.56 Å². The summed E-state index contributed by atoms with van der Waals surface area (Å²) in [5, 5.41) is 2.77. The molecule has 0 bridgehead atoms. The monoisotopic (exact) mass is 461 g/mol. The lowest BCUT2D eigenvalue weighted by molar-refractivity contribution is -0.118. The van der Waals surface area contributed by atoms with Gasteiger partial charge in [0.1, 0.15) is 11.5 Å². The summed E-state index contributed by atoms with van der Waals surface area (Å²) in [7, 11) is 3.05. The average molecular weight is 462 g/mol. The molecule has 0 fully saturated rings. The van der Waals surface area contributed by atoms with Crippen LogP contribution in [0.5, 0.6) is 23.0 Å². The molecule has 3 aromatic carbocycles. The molecule has 0 unspecified atom stereocenters. The van der Waals surface area contributed by atoms with Crippen molar-refractivity contribution in [2.24, 2.45) is 0 Å². The van der Waals surface area contributed by atoms with E-state index in [1.807, 2.05) is 25.1 Å². The number of methoxy groups -OCH3 is 2. The quantitative estimate of drug-likeness (QED) is 0.319. The van der Waals surface area contributed by atoms with Crippen LogP contribution in [0.15, 0.2) is 72.8 Å². The lowest BCUT2D eigenvalue weighted by Gasteiger charge is -2.13. The number of ether oxygens (including phenoxy) is 4. The van der Waals surface area contributed by atoms with Crippen molar-refractivity contribution in [3.8, 4) is 23.0 Å². The molecule has 7 nitrogen and oxygen atoms in total. The third kappa shape index (κ3) is 6.62. The fourth-order valence-corrected chi connectivity index (χ4v) is 3.15. The van der Waals surface area contributed by atoms with E-state index < -0.39 is 0 Å². The number of carbonyl (C=O) groups excluding carboxylic acids is 2. The van der Waals surface area contributed by atoms with Gasteiger partial charge in [-0.3, -0.25) is 9.59 Å². The predicted molar refractivity (Wildman–Crippen MR) is 131 cm³/mol. The molecule has 34 heavy (non-hydrogen) atoms. The van der Waals surface area contributed by atoms with E-state index in [-0.39, 0.29) is 18.3 Å². The first kappa shape index (κ1) is 24.4. The topological polar surface area (TPSA) is 83.1 Å². The third-order valence-electron chi connectivity index (χ3n) is 4.78. The highest BCUT2D eigenvalue weighted by Crippen LogP contribution is 2.30. The van der Waals surface area contributed by atoms with Crippen molar-refractivity contribution in [3.63, 3.8) is 0 Å². The van der Waals surface area contributed by atoms with Crippen molar-refractivity contribution in [1.29, 1.82) is 0 Å². The predicted octanol–water partition coefficient (Wildman–Crippen LogP) is 5.02. The number of anilines is 1. The first-order valence-corrected chi connectivity index (χ1v) is 10.7. The van der Waals surface area contributed by atoms with Gasteiger partial charge in [0, 0.05) is 5.69 Å². The van der Waals surface area contributed by atoms with Crippen LogP contribution in [0.25, 0.3) is 6.08 Å². The summed E-state index contributed by atoms with van der Waals surface area (Å²) in [6, 6.07) is 19.4. The normalized spacial score (nSPS) is 10.6. The summed E-state index contributed by atoms with van der Waals surface area (Å²) in [4.78, 5) is 24.9. The molecule has 0 aliphatic heterocycles. The van der Waals surface area contributed by atoms with Gasteiger partial charge in [0.15, 0.2) is 23.9 Å². The van der Waals surface area contributed by atoms with Gasteiger partial charge in [0.25, 0.3) is 5.91 Å². The molecule has 7 heteroatoms. The van der Waals surface area contributed by atoms with Crippen LogP contribution in [0.2, 0.25) is 0 Å². The summed E-state index contributed by atoms with van der Waals surface area (Å²) in [5.74, 6) is 1.42. The molecule has 0 spiro atoms. The maximum absolute atomic E-state index is 12.7. The maximum Gasteiger partial charge on any atom is 0.262 e. The van der Waals surface area contributed by atoms with Crippen LogP contribution in [-0.2, 0) is 4.79 Å². The van der Waals surface area contributed by atoms with E-state index >= 15 is 0 Å². The van der Waals surface area contributed by atoms with Crippen molar-refractivity contribution >= 4 is 23.5 Å². The number of ketones is 1. The van der Waals surface area contributed by atoms with Crippen molar-refractivity contribution in [3.05, 3.63) is 83.9 Å². The van der Waals surface area contributed by atoms with E-state index in [1.165, 1.54) is 20.3 Å². The molecule has 0 saturated heterocycles. The van der Waals surface area contributed by atoms with Crippen molar-refractivity contribution in [2.75, 3.05) is 32.8 Å². The molecule has 0 saturated carbocycles.